The van der Waals surface area contributed by atoms with E-state index in [2.05, 4.69) is 6.92 Å². The Morgan fingerprint density at radius 1 is 0.909 bits per heavy atom. The lowest BCUT2D eigenvalue weighted by Crippen LogP contribution is -2.33. The molecule has 22 heavy (non-hydrogen) atoms. The summed E-state index contributed by atoms with van der Waals surface area (Å²) >= 11 is 0. The van der Waals surface area contributed by atoms with Gasteiger partial charge in [-0.15, -0.1) is 0 Å². The van der Waals surface area contributed by atoms with Gasteiger partial charge < -0.3 is 9.84 Å². The molecule has 4 nitrogen and oxygen atoms in total. The number of ether oxygens (including phenoxy) is 1. The average molecular weight is 314 g/mol. The first-order valence-corrected chi connectivity index (χ1v) is 8.92. The zero-order chi connectivity index (χ0) is 16.8. The highest BCUT2D eigenvalue weighted by Crippen LogP contribution is 2.21. The summed E-state index contributed by atoms with van der Waals surface area (Å²) in [7, 11) is 0. The second kappa shape index (κ2) is 13.6. The molecular formula is C18H34O4. The van der Waals surface area contributed by atoms with Crippen LogP contribution in [0.3, 0.4) is 0 Å². The zero-order valence-electron chi connectivity index (χ0n) is 14.6. The Morgan fingerprint density at radius 3 is 1.82 bits per heavy atom. The van der Waals surface area contributed by atoms with Gasteiger partial charge in [0.25, 0.3) is 0 Å². The maximum absolute atomic E-state index is 11.2. The lowest BCUT2D eigenvalue weighted by atomic mass is 9.92. The molecule has 2 atom stereocenters. The Balaban J connectivity index is 3.84. The molecule has 0 aromatic heterocycles. The number of rotatable bonds is 14. The van der Waals surface area contributed by atoms with Crippen LogP contribution in [0.1, 0.15) is 91.4 Å². The minimum atomic E-state index is -1.03. The lowest BCUT2D eigenvalue weighted by molar-refractivity contribution is -0.166. The monoisotopic (exact) mass is 314 g/mol. The van der Waals surface area contributed by atoms with Crippen molar-refractivity contribution in [1.82, 2.24) is 0 Å². The minimum Gasteiger partial charge on any atom is -0.478 e. The number of carbonyl (C=O) groups excluding carboxylic acids is 1. The maximum atomic E-state index is 11.2. The normalized spacial score (nSPS) is 13.6. The first-order valence-electron chi connectivity index (χ1n) is 8.92. The van der Waals surface area contributed by atoms with Crippen molar-refractivity contribution in [1.29, 1.82) is 0 Å². The maximum Gasteiger partial charge on any atom is 0.345 e. The standard InChI is InChI=1S/C18H34O4/c1-4-6-7-8-9-10-11-12-13-14-16(5-2)17(18(20)21)22-15(3)19/h16-17H,4-14H2,1-3H3,(H,20,21). The van der Waals surface area contributed by atoms with Gasteiger partial charge in [0.05, 0.1) is 0 Å². The summed E-state index contributed by atoms with van der Waals surface area (Å²) in [6.45, 7) is 5.45. The predicted molar refractivity (Wildman–Crippen MR) is 88.8 cm³/mol. The van der Waals surface area contributed by atoms with Crippen LogP contribution in [0.5, 0.6) is 0 Å². The fourth-order valence-corrected chi connectivity index (χ4v) is 2.81. The molecule has 2 unspecified atom stereocenters. The molecule has 130 valence electrons. The number of carbonyl (C=O) groups is 2. The van der Waals surface area contributed by atoms with E-state index < -0.39 is 18.0 Å². The van der Waals surface area contributed by atoms with Gasteiger partial charge >= 0.3 is 11.9 Å². The first kappa shape index (κ1) is 20.9. The van der Waals surface area contributed by atoms with E-state index in [0.717, 1.165) is 25.7 Å². The molecule has 0 bridgehead atoms. The fraction of sp³-hybridized carbons (Fsp3) is 0.889. The third-order valence-corrected chi connectivity index (χ3v) is 4.17. The molecule has 0 aromatic rings. The molecule has 0 heterocycles. The van der Waals surface area contributed by atoms with E-state index in [0.29, 0.717) is 0 Å². The molecule has 0 radical (unpaired) electrons. The largest absolute Gasteiger partial charge is 0.478 e. The number of carboxylic acid groups (broad SMARTS) is 1. The second-order valence-corrected chi connectivity index (χ2v) is 6.15. The van der Waals surface area contributed by atoms with Crippen LogP contribution >= 0.6 is 0 Å². The van der Waals surface area contributed by atoms with Crippen molar-refractivity contribution in [2.45, 2.75) is 97.5 Å². The van der Waals surface area contributed by atoms with E-state index in [-0.39, 0.29) is 5.92 Å². The van der Waals surface area contributed by atoms with Gasteiger partial charge in [0.15, 0.2) is 0 Å². The number of carboxylic acids is 1. The van der Waals surface area contributed by atoms with Gasteiger partial charge in [-0.1, -0.05) is 71.6 Å². The van der Waals surface area contributed by atoms with Crippen molar-refractivity contribution in [3.63, 3.8) is 0 Å². The average Bonchev–Trinajstić information content (AvgIpc) is 2.47. The Labute approximate surface area is 135 Å². The Hall–Kier alpha value is -1.06. The van der Waals surface area contributed by atoms with Gasteiger partial charge in [-0.05, 0) is 12.8 Å². The third kappa shape index (κ3) is 10.6. The molecule has 0 aliphatic rings. The Bertz CT molecular complexity index is 301. The Morgan fingerprint density at radius 2 is 1.41 bits per heavy atom. The number of aliphatic carboxylic acids is 1. The molecule has 0 saturated carbocycles. The highest BCUT2D eigenvalue weighted by Gasteiger charge is 2.29. The smallest absolute Gasteiger partial charge is 0.345 e. The summed E-state index contributed by atoms with van der Waals surface area (Å²) < 4.78 is 4.96. The SMILES string of the molecule is CCCCCCCCCCCC(CC)C(OC(C)=O)C(=O)O. The van der Waals surface area contributed by atoms with Crippen molar-refractivity contribution in [2.75, 3.05) is 0 Å². The van der Waals surface area contributed by atoms with Gasteiger partial charge in [-0.2, -0.15) is 0 Å². The molecule has 1 N–H and O–H groups in total. The van der Waals surface area contributed by atoms with Crippen molar-refractivity contribution < 1.29 is 19.4 Å². The van der Waals surface area contributed by atoms with E-state index in [1.807, 2.05) is 6.92 Å². The topological polar surface area (TPSA) is 63.6 Å². The molecule has 0 saturated heterocycles. The number of unbranched alkanes of at least 4 members (excludes halogenated alkanes) is 8. The van der Waals surface area contributed by atoms with Crippen LogP contribution in [-0.4, -0.2) is 23.1 Å². The van der Waals surface area contributed by atoms with E-state index in [9.17, 15) is 14.7 Å². The molecule has 0 fully saturated rings. The fourth-order valence-electron chi connectivity index (χ4n) is 2.81. The van der Waals surface area contributed by atoms with Crippen molar-refractivity contribution in [3.05, 3.63) is 0 Å². The van der Waals surface area contributed by atoms with Crippen LogP contribution in [0.25, 0.3) is 0 Å². The summed E-state index contributed by atoms with van der Waals surface area (Å²) in [6.07, 6.45) is 11.8. The second-order valence-electron chi connectivity index (χ2n) is 6.15. The molecule has 0 aliphatic carbocycles. The summed E-state index contributed by atoms with van der Waals surface area (Å²) in [6, 6.07) is 0. The van der Waals surface area contributed by atoms with Gasteiger partial charge in [0, 0.05) is 12.8 Å². The first-order chi connectivity index (χ1) is 10.5. The lowest BCUT2D eigenvalue weighted by Gasteiger charge is -2.22. The summed E-state index contributed by atoms with van der Waals surface area (Å²) in [5.41, 5.74) is 0. The molecule has 0 spiro atoms. The Kier molecular flexibility index (Phi) is 12.9. The number of hydrogen-bond acceptors (Lipinski definition) is 3. The molecule has 0 aliphatic heterocycles. The quantitative estimate of drug-likeness (QED) is 0.364. The molecule has 0 rings (SSSR count). The third-order valence-electron chi connectivity index (χ3n) is 4.17. The van der Waals surface area contributed by atoms with Crippen LogP contribution < -0.4 is 0 Å². The van der Waals surface area contributed by atoms with Gasteiger partial charge in [-0.25, -0.2) is 4.79 Å². The highest BCUT2D eigenvalue weighted by molar-refractivity contribution is 5.77. The summed E-state index contributed by atoms with van der Waals surface area (Å²) in [5, 5.41) is 9.19. The summed E-state index contributed by atoms with van der Waals surface area (Å²) in [5.74, 6) is -1.62. The van der Waals surface area contributed by atoms with Crippen LogP contribution in [0, 0.1) is 5.92 Å². The van der Waals surface area contributed by atoms with Crippen LogP contribution in [0.2, 0.25) is 0 Å². The molecule has 0 amide bonds. The molecule has 0 aromatic carbocycles. The van der Waals surface area contributed by atoms with Crippen molar-refractivity contribution in [2.24, 2.45) is 5.92 Å². The van der Waals surface area contributed by atoms with E-state index in [1.54, 1.807) is 0 Å². The van der Waals surface area contributed by atoms with E-state index >= 15 is 0 Å². The van der Waals surface area contributed by atoms with Gasteiger partial charge in [-0.3, -0.25) is 4.79 Å². The molecular weight excluding hydrogens is 280 g/mol. The van der Waals surface area contributed by atoms with Crippen LogP contribution in [0.15, 0.2) is 0 Å². The van der Waals surface area contributed by atoms with Crippen LogP contribution in [-0.2, 0) is 14.3 Å². The summed E-state index contributed by atoms with van der Waals surface area (Å²) in [4.78, 5) is 22.2. The number of esters is 1. The van der Waals surface area contributed by atoms with Gasteiger partial charge in [0.2, 0.25) is 6.10 Å². The van der Waals surface area contributed by atoms with Crippen molar-refractivity contribution >= 4 is 11.9 Å². The van der Waals surface area contributed by atoms with E-state index in [4.69, 9.17) is 4.74 Å². The van der Waals surface area contributed by atoms with Crippen molar-refractivity contribution in [3.8, 4) is 0 Å². The number of hydrogen-bond donors (Lipinski definition) is 1. The van der Waals surface area contributed by atoms with E-state index in [1.165, 1.54) is 51.9 Å². The molecule has 4 heteroatoms. The predicted octanol–water partition coefficient (Wildman–Crippen LogP) is 4.95. The van der Waals surface area contributed by atoms with Crippen LogP contribution in [0.4, 0.5) is 0 Å². The zero-order valence-corrected chi connectivity index (χ0v) is 14.6. The van der Waals surface area contributed by atoms with Gasteiger partial charge in [0.1, 0.15) is 0 Å². The minimum absolute atomic E-state index is 0.0778. The highest BCUT2D eigenvalue weighted by atomic mass is 16.6.